The highest BCUT2D eigenvalue weighted by Gasteiger charge is 2.03. The lowest BCUT2D eigenvalue weighted by Gasteiger charge is -2.10. The van der Waals surface area contributed by atoms with Gasteiger partial charge in [-0.3, -0.25) is 4.79 Å². The largest absolute Gasteiger partial charge is 0.463 e. The van der Waals surface area contributed by atoms with E-state index in [9.17, 15) is 4.79 Å². The molecule has 0 saturated heterocycles. The lowest BCUT2D eigenvalue weighted by molar-refractivity contribution is -0.145. The third-order valence-electron chi connectivity index (χ3n) is 1.39. The zero-order valence-electron chi connectivity index (χ0n) is 7.17. The Balaban J connectivity index is 3.22. The molecule has 0 amide bonds. The average molecular weight is 160 g/mol. The van der Waals surface area contributed by atoms with Gasteiger partial charge in [0.25, 0.3) is 0 Å². The average Bonchev–Trinajstić information content (AvgIpc) is 1.86. The van der Waals surface area contributed by atoms with Crippen LogP contribution in [-0.4, -0.2) is 23.8 Å². The zero-order valence-corrected chi connectivity index (χ0v) is 7.17. The van der Waals surface area contributed by atoms with E-state index in [4.69, 9.17) is 9.84 Å². The van der Waals surface area contributed by atoms with E-state index in [0.717, 1.165) is 19.3 Å². The number of hydrogen-bond donors (Lipinski definition) is 1. The highest BCUT2D eigenvalue weighted by atomic mass is 16.5. The van der Waals surface area contributed by atoms with Crippen molar-refractivity contribution in [3.05, 3.63) is 0 Å². The molecule has 0 aliphatic rings. The predicted molar refractivity (Wildman–Crippen MR) is 42.2 cm³/mol. The van der Waals surface area contributed by atoms with E-state index in [2.05, 4.69) is 0 Å². The first kappa shape index (κ1) is 10.4. The Morgan fingerprint density at radius 2 is 2.18 bits per heavy atom. The summed E-state index contributed by atoms with van der Waals surface area (Å²) in [6.45, 7) is 3.48. The van der Waals surface area contributed by atoms with Crippen LogP contribution in [0, 0.1) is 0 Å². The highest BCUT2D eigenvalue weighted by molar-refractivity contribution is 5.66. The molecule has 0 aliphatic carbocycles. The fraction of sp³-hybridized carbons (Fsp3) is 0.875. The van der Waals surface area contributed by atoms with Crippen LogP contribution in [0.3, 0.4) is 0 Å². The van der Waals surface area contributed by atoms with Crippen molar-refractivity contribution in [2.24, 2.45) is 0 Å². The molecule has 0 rings (SSSR count). The molecule has 0 bridgehead atoms. The summed E-state index contributed by atoms with van der Waals surface area (Å²) in [7, 11) is 0. The number of esters is 1. The summed E-state index contributed by atoms with van der Waals surface area (Å²) in [6, 6.07) is 0. The molecule has 1 atom stereocenters. The molecule has 0 aromatic heterocycles. The predicted octanol–water partition coefficient (Wildman–Crippen LogP) is 1.10. The second-order valence-electron chi connectivity index (χ2n) is 2.64. The van der Waals surface area contributed by atoms with Crippen molar-refractivity contribution < 1.29 is 14.6 Å². The second-order valence-corrected chi connectivity index (χ2v) is 2.64. The maximum absolute atomic E-state index is 10.4. The van der Waals surface area contributed by atoms with Gasteiger partial charge in [-0.1, -0.05) is 0 Å². The number of aliphatic hydroxyl groups is 1. The van der Waals surface area contributed by atoms with Crippen LogP contribution in [0.15, 0.2) is 0 Å². The van der Waals surface area contributed by atoms with Crippen molar-refractivity contribution in [2.75, 3.05) is 6.61 Å². The molecule has 0 radical (unpaired) electrons. The van der Waals surface area contributed by atoms with Crippen molar-refractivity contribution in [1.82, 2.24) is 0 Å². The van der Waals surface area contributed by atoms with E-state index in [1.807, 2.05) is 6.92 Å². The summed E-state index contributed by atoms with van der Waals surface area (Å²) < 4.78 is 4.88. The van der Waals surface area contributed by atoms with Crippen LogP contribution in [0.4, 0.5) is 0 Å². The minimum atomic E-state index is -0.235. The zero-order chi connectivity index (χ0) is 8.69. The summed E-state index contributed by atoms with van der Waals surface area (Å²) in [4.78, 5) is 10.4. The van der Waals surface area contributed by atoms with E-state index in [1.165, 1.54) is 6.92 Å². The van der Waals surface area contributed by atoms with Crippen LogP contribution < -0.4 is 0 Å². The maximum atomic E-state index is 10.4. The van der Waals surface area contributed by atoms with Crippen molar-refractivity contribution in [3.63, 3.8) is 0 Å². The number of rotatable bonds is 5. The Bertz CT molecular complexity index is 112. The van der Waals surface area contributed by atoms with E-state index < -0.39 is 0 Å². The molecule has 0 saturated carbocycles. The van der Waals surface area contributed by atoms with Crippen molar-refractivity contribution >= 4 is 5.97 Å². The van der Waals surface area contributed by atoms with Crippen LogP contribution >= 0.6 is 0 Å². The first-order chi connectivity index (χ1) is 5.16. The number of unbranched alkanes of at least 4 members (excludes halogenated alkanes) is 1. The molecule has 0 unspecified atom stereocenters. The van der Waals surface area contributed by atoms with Gasteiger partial charge in [0.2, 0.25) is 0 Å². The monoisotopic (exact) mass is 160 g/mol. The van der Waals surface area contributed by atoms with Crippen LogP contribution in [0.25, 0.3) is 0 Å². The third-order valence-corrected chi connectivity index (χ3v) is 1.39. The molecular weight excluding hydrogens is 144 g/mol. The normalized spacial score (nSPS) is 12.6. The standard InChI is InChI=1S/C8H16O3/c1-7(11-8(2)10)5-3-4-6-9/h7,9H,3-6H2,1-2H3/t7-/m1/s1. The molecule has 0 aliphatic heterocycles. The molecule has 3 nitrogen and oxygen atoms in total. The molecule has 0 fully saturated rings. The van der Waals surface area contributed by atoms with Crippen LogP contribution in [0.5, 0.6) is 0 Å². The van der Waals surface area contributed by atoms with Gasteiger partial charge in [0, 0.05) is 13.5 Å². The lowest BCUT2D eigenvalue weighted by atomic mass is 10.2. The molecule has 0 aromatic rings. The minimum absolute atomic E-state index is 0.0148. The summed E-state index contributed by atoms with van der Waals surface area (Å²) in [5.41, 5.74) is 0. The van der Waals surface area contributed by atoms with E-state index in [0.29, 0.717) is 0 Å². The Morgan fingerprint density at radius 3 is 2.64 bits per heavy atom. The Labute approximate surface area is 67.4 Å². The number of ether oxygens (including phenoxy) is 1. The second kappa shape index (κ2) is 6.16. The number of carbonyl (C=O) groups excluding carboxylic acids is 1. The van der Waals surface area contributed by atoms with Gasteiger partial charge in [0.1, 0.15) is 0 Å². The number of hydrogen-bond acceptors (Lipinski definition) is 3. The van der Waals surface area contributed by atoms with Crippen LogP contribution in [-0.2, 0) is 9.53 Å². The molecule has 0 aromatic carbocycles. The molecule has 0 spiro atoms. The van der Waals surface area contributed by atoms with Crippen LogP contribution in [0.1, 0.15) is 33.1 Å². The Morgan fingerprint density at radius 1 is 1.55 bits per heavy atom. The molecule has 1 N–H and O–H groups in total. The topological polar surface area (TPSA) is 46.5 Å². The van der Waals surface area contributed by atoms with Gasteiger partial charge in [-0.15, -0.1) is 0 Å². The Hall–Kier alpha value is -0.570. The summed E-state index contributed by atoms with van der Waals surface area (Å²) in [5, 5.41) is 8.45. The van der Waals surface area contributed by atoms with Gasteiger partial charge < -0.3 is 9.84 Å². The summed E-state index contributed by atoms with van der Waals surface area (Å²) >= 11 is 0. The molecule has 3 heteroatoms. The smallest absolute Gasteiger partial charge is 0.302 e. The van der Waals surface area contributed by atoms with Crippen molar-refractivity contribution in [1.29, 1.82) is 0 Å². The summed E-state index contributed by atoms with van der Waals surface area (Å²) in [5.74, 6) is -0.235. The first-order valence-electron chi connectivity index (χ1n) is 3.95. The highest BCUT2D eigenvalue weighted by Crippen LogP contribution is 2.03. The molecular formula is C8H16O3. The first-order valence-corrected chi connectivity index (χ1v) is 3.95. The minimum Gasteiger partial charge on any atom is -0.463 e. The van der Waals surface area contributed by atoms with E-state index in [1.54, 1.807) is 0 Å². The number of aliphatic hydroxyl groups excluding tert-OH is 1. The molecule has 11 heavy (non-hydrogen) atoms. The lowest BCUT2D eigenvalue weighted by Crippen LogP contribution is -2.11. The summed E-state index contributed by atoms with van der Waals surface area (Å²) in [6.07, 6.45) is 2.51. The molecule has 0 heterocycles. The van der Waals surface area contributed by atoms with Gasteiger partial charge in [-0.05, 0) is 26.2 Å². The van der Waals surface area contributed by atoms with Gasteiger partial charge in [-0.2, -0.15) is 0 Å². The fourth-order valence-corrected chi connectivity index (χ4v) is 0.886. The van der Waals surface area contributed by atoms with Gasteiger partial charge in [0.05, 0.1) is 6.10 Å². The van der Waals surface area contributed by atoms with E-state index in [-0.39, 0.29) is 18.7 Å². The quantitative estimate of drug-likeness (QED) is 0.484. The van der Waals surface area contributed by atoms with E-state index >= 15 is 0 Å². The third kappa shape index (κ3) is 7.33. The number of carbonyl (C=O) groups is 1. The van der Waals surface area contributed by atoms with Gasteiger partial charge in [-0.25, -0.2) is 0 Å². The van der Waals surface area contributed by atoms with Crippen molar-refractivity contribution in [3.8, 4) is 0 Å². The molecule has 66 valence electrons. The maximum Gasteiger partial charge on any atom is 0.302 e. The fourth-order valence-electron chi connectivity index (χ4n) is 0.886. The Kier molecular flexibility index (Phi) is 5.84. The van der Waals surface area contributed by atoms with Crippen molar-refractivity contribution in [2.45, 2.75) is 39.2 Å². The van der Waals surface area contributed by atoms with Gasteiger partial charge in [0.15, 0.2) is 0 Å². The van der Waals surface area contributed by atoms with Gasteiger partial charge >= 0.3 is 5.97 Å². The van der Waals surface area contributed by atoms with Crippen LogP contribution in [0.2, 0.25) is 0 Å². The SMILES string of the molecule is CC(=O)O[C@H](C)CCCCO.